The van der Waals surface area contributed by atoms with Crippen LogP contribution in [-0.4, -0.2) is 43.2 Å². The smallest absolute Gasteiger partial charge is 0.243 e. The maximum absolute atomic E-state index is 13.5. The summed E-state index contributed by atoms with van der Waals surface area (Å²) in [6.07, 6.45) is 4.92. The molecule has 0 N–H and O–H groups in total. The molecule has 0 spiro atoms. The van der Waals surface area contributed by atoms with Crippen LogP contribution in [0.2, 0.25) is 0 Å². The fraction of sp³-hybridized carbons (Fsp3) is 0.440. The number of pyridine rings is 1. The second-order valence-electron chi connectivity index (χ2n) is 9.75. The monoisotopic (exact) mass is 454 g/mol. The molecule has 1 aliphatic carbocycles. The lowest BCUT2D eigenvalue weighted by Crippen LogP contribution is -2.50. The standard InChI is InChI=1S/C25H30N2O4S/c1-24(2,3)19-7-9-22(10-8-19)32(29,30)27-15-12-20-16-21(28)11-13-25(20,17-27)18-31-23-6-4-5-14-26-23/h4-10,12,14H,11,13,15-18H2,1-3H3. The minimum absolute atomic E-state index is 0.0490. The van der Waals surface area contributed by atoms with E-state index in [4.69, 9.17) is 4.74 Å². The van der Waals surface area contributed by atoms with Gasteiger partial charge in [-0.1, -0.05) is 50.6 Å². The number of carbonyl (C=O) groups is 1. The van der Waals surface area contributed by atoms with Crippen LogP contribution in [0, 0.1) is 5.41 Å². The number of fused-ring (bicyclic) bond motifs is 1. The number of rotatable bonds is 5. The zero-order chi connectivity index (χ0) is 23.0. The molecule has 0 radical (unpaired) electrons. The van der Waals surface area contributed by atoms with Gasteiger partial charge in [0.15, 0.2) is 0 Å². The van der Waals surface area contributed by atoms with E-state index >= 15 is 0 Å². The lowest BCUT2D eigenvalue weighted by atomic mass is 9.69. The summed E-state index contributed by atoms with van der Waals surface area (Å²) in [5.74, 6) is 0.690. The highest BCUT2D eigenvalue weighted by Crippen LogP contribution is 2.44. The molecule has 6 nitrogen and oxygen atoms in total. The number of ketones is 1. The molecule has 32 heavy (non-hydrogen) atoms. The molecule has 1 fully saturated rings. The molecule has 1 saturated carbocycles. The summed E-state index contributed by atoms with van der Waals surface area (Å²) in [6, 6.07) is 12.6. The Morgan fingerprint density at radius 2 is 1.88 bits per heavy atom. The quantitative estimate of drug-likeness (QED) is 0.635. The van der Waals surface area contributed by atoms with Crippen molar-refractivity contribution in [1.82, 2.24) is 9.29 Å². The van der Waals surface area contributed by atoms with Crippen molar-refractivity contribution in [2.45, 2.75) is 50.3 Å². The van der Waals surface area contributed by atoms with Crippen molar-refractivity contribution in [3.63, 3.8) is 0 Å². The molecule has 170 valence electrons. The van der Waals surface area contributed by atoms with Crippen LogP contribution in [0.25, 0.3) is 0 Å². The van der Waals surface area contributed by atoms with E-state index in [9.17, 15) is 13.2 Å². The van der Waals surface area contributed by atoms with Crippen LogP contribution >= 0.6 is 0 Å². The molecule has 0 bridgehead atoms. The van der Waals surface area contributed by atoms with E-state index < -0.39 is 15.4 Å². The summed E-state index contributed by atoms with van der Waals surface area (Å²) >= 11 is 0. The molecule has 2 heterocycles. The fourth-order valence-corrected chi connectivity index (χ4v) is 5.89. The maximum atomic E-state index is 13.5. The molecule has 4 rings (SSSR count). The molecular formula is C25H30N2O4S. The molecule has 2 aromatic rings. The van der Waals surface area contributed by atoms with Crippen LogP contribution in [0.3, 0.4) is 0 Å². The van der Waals surface area contributed by atoms with Gasteiger partial charge in [-0.2, -0.15) is 4.31 Å². The van der Waals surface area contributed by atoms with Crippen molar-refractivity contribution in [3.8, 4) is 5.88 Å². The summed E-state index contributed by atoms with van der Waals surface area (Å²) in [5.41, 5.74) is 1.50. The van der Waals surface area contributed by atoms with Gasteiger partial charge in [0.05, 0.1) is 4.90 Å². The minimum Gasteiger partial charge on any atom is -0.477 e. The van der Waals surface area contributed by atoms with E-state index in [1.807, 2.05) is 30.3 Å². The molecule has 1 aromatic carbocycles. The van der Waals surface area contributed by atoms with Gasteiger partial charge >= 0.3 is 0 Å². The second kappa shape index (κ2) is 8.45. The third kappa shape index (κ3) is 4.50. The van der Waals surface area contributed by atoms with Crippen LogP contribution in [0.5, 0.6) is 5.88 Å². The van der Waals surface area contributed by atoms with Gasteiger partial charge in [-0.3, -0.25) is 4.79 Å². The number of nitrogens with zero attached hydrogens (tertiary/aromatic N) is 2. The van der Waals surface area contributed by atoms with Crippen LogP contribution < -0.4 is 4.74 Å². The number of hydrogen-bond donors (Lipinski definition) is 0. The SMILES string of the molecule is CC(C)(C)c1ccc(S(=O)(=O)N2CC=C3CC(=O)CCC3(COc3ccccn3)C2)cc1. The van der Waals surface area contributed by atoms with Gasteiger partial charge in [0, 0.05) is 43.6 Å². The first-order valence-corrected chi connectivity index (χ1v) is 12.4. The average molecular weight is 455 g/mol. The highest BCUT2D eigenvalue weighted by atomic mass is 32.2. The topological polar surface area (TPSA) is 76.6 Å². The number of carbonyl (C=O) groups excluding carboxylic acids is 1. The summed E-state index contributed by atoms with van der Waals surface area (Å²) in [5, 5.41) is 0. The van der Waals surface area contributed by atoms with Gasteiger partial charge in [0.25, 0.3) is 0 Å². The molecule has 0 amide bonds. The molecule has 1 aliphatic heterocycles. The zero-order valence-electron chi connectivity index (χ0n) is 18.9. The molecule has 2 aliphatic rings. The van der Waals surface area contributed by atoms with Crippen molar-refractivity contribution < 1.29 is 17.9 Å². The second-order valence-corrected chi connectivity index (χ2v) is 11.7. The van der Waals surface area contributed by atoms with Gasteiger partial charge in [-0.05, 0) is 35.6 Å². The van der Waals surface area contributed by atoms with Crippen molar-refractivity contribution in [2.75, 3.05) is 19.7 Å². The summed E-state index contributed by atoms with van der Waals surface area (Å²) in [7, 11) is -3.68. The van der Waals surface area contributed by atoms with Crippen molar-refractivity contribution in [2.24, 2.45) is 5.41 Å². The average Bonchev–Trinajstić information content (AvgIpc) is 2.78. The molecule has 7 heteroatoms. The largest absolute Gasteiger partial charge is 0.477 e. The van der Waals surface area contributed by atoms with Gasteiger partial charge in [0.2, 0.25) is 15.9 Å². The Morgan fingerprint density at radius 1 is 1.12 bits per heavy atom. The molecule has 1 unspecified atom stereocenters. The van der Waals surface area contributed by atoms with E-state index in [1.54, 1.807) is 24.4 Å². The Kier molecular flexibility index (Phi) is 5.98. The minimum atomic E-state index is -3.68. The number of aromatic nitrogens is 1. The summed E-state index contributed by atoms with van der Waals surface area (Å²) < 4.78 is 34.5. The number of sulfonamides is 1. The third-order valence-electron chi connectivity index (χ3n) is 6.46. The molecule has 1 aromatic heterocycles. The van der Waals surface area contributed by atoms with E-state index in [0.717, 1.165) is 11.1 Å². The Bertz CT molecular complexity index is 1120. The number of ether oxygens (including phenoxy) is 1. The van der Waals surface area contributed by atoms with Crippen LogP contribution in [0.4, 0.5) is 0 Å². The lowest BCUT2D eigenvalue weighted by Gasteiger charge is -2.44. The Morgan fingerprint density at radius 3 is 2.53 bits per heavy atom. The van der Waals surface area contributed by atoms with E-state index in [-0.39, 0.29) is 29.2 Å². The first kappa shape index (κ1) is 22.7. The number of benzene rings is 1. The van der Waals surface area contributed by atoms with E-state index in [0.29, 0.717) is 31.7 Å². The van der Waals surface area contributed by atoms with Gasteiger partial charge < -0.3 is 4.74 Å². The summed E-state index contributed by atoms with van der Waals surface area (Å²) in [6.45, 7) is 7.15. The molecular weight excluding hydrogens is 424 g/mol. The first-order chi connectivity index (χ1) is 15.1. The Labute approximate surface area is 190 Å². The highest BCUT2D eigenvalue weighted by molar-refractivity contribution is 7.89. The third-order valence-corrected chi connectivity index (χ3v) is 8.29. The van der Waals surface area contributed by atoms with E-state index in [1.165, 1.54) is 4.31 Å². The zero-order valence-corrected chi connectivity index (χ0v) is 19.7. The first-order valence-electron chi connectivity index (χ1n) is 11.0. The predicted molar refractivity (Wildman–Crippen MR) is 123 cm³/mol. The van der Waals surface area contributed by atoms with Crippen molar-refractivity contribution >= 4 is 15.8 Å². The molecule has 0 saturated heterocycles. The fourth-order valence-electron chi connectivity index (χ4n) is 4.43. The van der Waals surface area contributed by atoms with Crippen molar-refractivity contribution in [1.29, 1.82) is 0 Å². The Hall–Kier alpha value is -2.51. The highest BCUT2D eigenvalue weighted by Gasteiger charge is 2.46. The van der Waals surface area contributed by atoms with Gasteiger partial charge in [-0.15, -0.1) is 0 Å². The van der Waals surface area contributed by atoms with Gasteiger partial charge in [-0.25, -0.2) is 13.4 Å². The normalized spacial score (nSPS) is 22.2. The lowest BCUT2D eigenvalue weighted by molar-refractivity contribution is -0.120. The summed E-state index contributed by atoms with van der Waals surface area (Å²) in [4.78, 5) is 16.6. The number of hydrogen-bond acceptors (Lipinski definition) is 5. The van der Waals surface area contributed by atoms with E-state index in [2.05, 4.69) is 25.8 Å². The maximum Gasteiger partial charge on any atom is 0.243 e. The molecule has 1 atom stereocenters. The van der Waals surface area contributed by atoms with Crippen LogP contribution in [0.15, 0.2) is 65.2 Å². The van der Waals surface area contributed by atoms with Crippen LogP contribution in [-0.2, 0) is 20.2 Å². The Balaban J connectivity index is 1.61. The van der Waals surface area contributed by atoms with Gasteiger partial charge in [0.1, 0.15) is 12.4 Å². The van der Waals surface area contributed by atoms with Crippen molar-refractivity contribution in [3.05, 3.63) is 65.9 Å². The number of Topliss-reactive ketones (excluding diaryl/α,β-unsaturated/α-hetero) is 1. The predicted octanol–water partition coefficient (Wildman–Crippen LogP) is 4.13. The van der Waals surface area contributed by atoms with Crippen LogP contribution in [0.1, 0.15) is 45.6 Å².